The zero-order valence-electron chi connectivity index (χ0n) is 14.7. The van der Waals surface area contributed by atoms with E-state index in [1.807, 2.05) is 12.1 Å². The van der Waals surface area contributed by atoms with Crippen molar-refractivity contribution in [1.82, 2.24) is 10.3 Å². The molecule has 5 nitrogen and oxygen atoms in total. The molecular formula is C17H30Cl2N4O. The van der Waals surface area contributed by atoms with Crippen LogP contribution in [0.3, 0.4) is 0 Å². The lowest BCUT2D eigenvalue weighted by atomic mass is 10.0. The van der Waals surface area contributed by atoms with Gasteiger partial charge in [0.2, 0.25) is 5.96 Å². The van der Waals surface area contributed by atoms with E-state index in [9.17, 15) is 0 Å². The molecule has 0 aliphatic carbocycles. The number of hydrogen-bond acceptors (Lipinski definition) is 3. The van der Waals surface area contributed by atoms with Crippen LogP contribution in [-0.2, 0) is 6.42 Å². The Kier molecular flexibility index (Phi) is 10.8. The smallest absolute Gasteiger partial charge is 0.208 e. The summed E-state index contributed by atoms with van der Waals surface area (Å²) in [5.74, 6) is 7.81. The minimum absolute atomic E-state index is 0. The lowest BCUT2D eigenvalue weighted by Crippen LogP contribution is -2.49. The van der Waals surface area contributed by atoms with Gasteiger partial charge in [-0.3, -0.25) is 5.01 Å². The number of aryl methyl sites for hydroxylation is 1. The van der Waals surface area contributed by atoms with E-state index in [0.717, 1.165) is 37.5 Å². The Labute approximate surface area is 157 Å². The SMILES string of the molecule is CCCN(N)C(=NCC1CCc2ccccc2O1)NC(C)C.Cl.Cl. The molecule has 1 unspecified atom stereocenters. The van der Waals surface area contributed by atoms with Crippen molar-refractivity contribution in [3.05, 3.63) is 29.8 Å². The van der Waals surface area contributed by atoms with E-state index in [0.29, 0.717) is 12.6 Å². The zero-order valence-corrected chi connectivity index (χ0v) is 16.3. The molecule has 0 saturated heterocycles. The van der Waals surface area contributed by atoms with Gasteiger partial charge in [-0.05, 0) is 44.7 Å². The summed E-state index contributed by atoms with van der Waals surface area (Å²) in [6.07, 6.45) is 3.15. The van der Waals surface area contributed by atoms with Crippen molar-refractivity contribution in [2.75, 3.05) is 13.1 Å². The molecule has 0 saturated carbocycles. The number of hydrogen-bond donors (Lipinski definition) is 2. The molecule has 1 aliphatic heterocycles. The van der Waals surface area contributed by atoms with Crippen molar-refractivity contribution < 1.29 is 4.74 Å². The second-order valence-electron chi connectivity index (χ2n) is 6.04. The van der Waals surface area contributed by atoms with Gasteiger partial charge >= 0.3 is 0 Å². The lowest BCUT2D eigenvalue weighted by Gasteiger charge is -2.27. The summed E-state index contributed by atoms with van der Waals surface area (Å²) in [5, 5.41) is 5.01. The van der Waals surface area contributed by atoms with Crippen LogP contribution in [0, 0.1) is 0 Å². The predicted molar refractivity (Wildman–Crippen MR) is 105 cm³/mol. The number of rotatable bonds is 5. The maximum atomic E-state index is 6.07. The number of ether oxygens (including phenoxy) is 1. The molecule has 0 bridgehead atoms. The molecule has 138 valence electrons. The normalized spacial score (nSPS) is 16.4. The van der Waals surface area contributed by atoms with Gasteiger partial charge in [-0.1, -0.05) is 25.1 Å². The van der Waals surface area contributed by atoms with Crippen molar-refractivity contribution >= 4 is 30.8 Å². The summed E-state index contributed by atoms with van der Waals surface area (Å²) in [4.78, 5) is 4.66. The standard InChI is InChI=1S/C17H28N4O.2ClH/c1-4-11-21(18)17(20-13(2)3)19-12-15-10-9-14-7-5-6-8-16(14)22-15;;/h5-8,13,15H,4,9-12,18H2,1-3H3,(H,19,20);2*1H. The molecule has 1 aromatic rings. The van der Waals surface area contributed by atoms with E-state index in [1.54, 1.807) is 5.01 Å². The molecule has 7 heteroatoms. The first-order valence-electron chi connectivity index (χ1n) is 8.18. The number of aliphatic imine (C=N–C) groups is 1. The average molecular weight is 377 g/mol. The Bertz CT molecular complexity index is 511. The van der Waals surface area contributed by atoms with Gasteiger partial charge in [0.05, 0.1) is 6.54 Å². The summed E-state index contributed by atoms with van der Waals surface area (Å²) < 4.78 is 6.03. The van der Waals surface area contributed by atoms with E-state index < -0.39 is 0 Å². The topological polar surface area (TPSA) is 62.9 Å². The first-order chi connectivity index (χ1) is 10.6. The van der Waals surface area contributed by atoms with Crippen molar-refractivity contribution in [1.29, 1.82) is 0 Å². The van der Waals surface area contributed by atoms with Crippen LogP contribution in [0.4, 0.5) is 0 Å². The largest absolute Gasteiger partial charge is 0.488 e. The number of para-hydroxylation sites is 1. The zero-order chi connectivity index (χ0) is 15.9. The molecule has 2 rings (SSSR count). The fourth-order valence-electron chi connectivity index (χ4n) is 2.52. The monoisotopic (exact) mass is 376 g/mol. The van der Waals surface area contributed by atoms with E-state index in [2.05, 4.69) is 43.2 Å². The molecule has 1 atom stereocenters. The molecule has 0 spiro atoms. The number of hydrazine groups is 1. The van der Waals surface area contributed by atoms with Crippen LogP contribution < -0.4 is 15.9 Å². The fourth-order valence-corrected chi connectivity index (χ4v) is 2.52. The van der Waals surface area contributed by atoms with Gasteiger partial charge in [0.25, 0.3) is 0 Å². The molecule has 24 heavy (non-hydrogen) atoms. The highest BCUT2D eigenvalue weighted by molar-refractivity contribution is 5.85. The van der Waals surface area contributed by atoms with Crippen LogP contribution in [0.5, 0.6) is 5.75 Å². The summed E-state index contributed by atoms with van der Waals surface area (Å²) in [6.45, 7) is 7.69. The molecule has 0 radical (unpaired) electrons. The number of nitrogens with one attached hydrogen (secondary N) is 1. The summed E-state index contributed by atoms with van der Waals surface area (Å²) in [6, 6.07) is 8.53. The third-order valence-electron chi connectivity index (χ3n) is 3.60. The number of nitrogens with zero attached hydrogens (tertiary/aromatic N) is 2. The fraction of sp³-hybridized carbons (Fsp3) is 0.588. The Morgan fingerprint density at radius 2 is 2.08 bits per heavy atom. The van der Waals surface area contributed by atoms with E-state index >= 15 is 0 Å². The lowest BCUT2D eigenvalue weighted by molar-refractivity contribution is 0.181. The number of halogens is 2. The molecule has 0 aromatic heterocycles. The molecule has 1 aliphatic rings. The highest BCUT2D eigenvalue weighted by atomic mass is 35.5. The maximum Gasteiger partial charge on any atom is 0.208 e. The highest BCUT2D eigenvalue weighted by Crippen LogP contribution is 2.27. The minimum atomic E-state index is 0. The highest BCUT2D eigenvalue weighted by Gasteiger charge is 2.19. The molecular weight excluding hydrogens is 347 g/mol. The molecule has 3 N–H and O–H groups in total. The van der Waals surface area contributed by atoms with Crippen molar-refractivity contribution in [3.63, 3.8) is 0 Å². The van der Waals surface area contributed by atoms with Crippen molar-refractivity contribution in [3.8, 4) is 5.75 Å². The Balaban J connectivity index is 0.00000264. The van der Waals surface area contributed by atoms with Crippen LogP contribution in [-0.4, -0.2) is 36.2 Å². The number of fused-ring (bicyclic) bond motifs is 1. The van der Waals surface area contributed by atoms with E-state index in [4.69, 9.17) is 10.6 Å². The first kappa shape index (κ1) is 22.8. The summed E-state index contributed by atoms with van der Waals surface area (Å²) in [5.41, 5.74) is 1.29. The summed E-state index contributed by atoms with van der Waals surface area (Å²) in [7, 11) is 0. The maximum absolute atomic E-state index is 6.07. The van der Waals surface area contributed by atoms with Crippen molar-refractivity contribution in [2.45, 2.75) is 52.2 Å². The van der Waals surface area contributed by atoms with Crippen molar-refractivity contribution in [2.24, 2.45) is 10.8 Å². The van der Waals surface area contributed by atoms with Gasteiger partial charge in [0.15, 0.2) is 0 Å². The third-order valence-corrected chi connectivity index (χ3v) is 3.60. The van der Waals surface area contributed by atoms with Gasteiger partial charge in [-0.2, -0.15) is 0 Å². The second-order valence-corrected chi connectivity index (χ2v) is 6.04. The first-order valence-corrected chi connectivity index (χ1v) is 8.18. The van der Waals surface area contributed by atoms with Crippen LogP contribution in [0.2, 0.25) is 0 Å². The molecule has 1 aromatic carbocycles. The molecule has 0 fully saturated rings. The molecule has 1 heterocycles. The minimum Gasteiger partial charge on any atom is -0.488 e. The van der Waals surface area contributed by atoms with E-state index in [-0.39, 0.29) is 30.9 Å². The Hall–Kier alpha value is -1.17. The van der Waals surface area contributed by atoms with Gasteiger partial charge in [-0.15, -0.1) is 24.8 Å². The summed E-state index contributed by atoms with van der Waals surface area (Å²) >= 11 is 0. The number of benzene rings is 1. The Morgan fingerprint density at radius 3 is 2.75 bits per heavy atom. The number of nitrogens with two attached hydrogens (primary N) is 1. The van der Waals surface area contributed by atoms with Gasteiger partial charge in [0, 0.05) is 12.6 Å². The second kappa shape index (κ2) is 11.4. The average Bonchev–Trinajstić information content (AvgIpc) is 2.51. The van der Waals surface area contributed by atoms with Gasteiger partial charge < -0.3 is 10.1 Å². The van der Waals surface area contributed by atoms with Crippen LogP contribution >= 0.6 is 24.8 Å². The van der Waals surface area contributed by atoms with Gasteiger partial charge in [0.1, 0.15) is 11.9 Å². The van der Waals surface area contributed by atoms with E-state index in [1.165, 1.54) is 5.56 Å². The third kappa shape index (κ3) is 6.75. The van der Waals surface area contributed by atoms with Gasteiger partial charge in [-0.25, -0.2) is 10.8 Å². The quantitative estimate of drug-likeness (QED) is 0.358. The van der Waals surface area contributed by atoms with Crippen LogP contribution in [0.15, 0.2) is 29.3 Å². The van der Waals surface area contributed by atoms with Crippen LogP contribution in [0.1, 0.15) is 39.2 Å². The van der Waals surface area contributed by atoms with Crippen LogP contribution in [0.25, 0.3) is 0 Å². The number of guanidine groups is 1. The molecule has 0 amide bonds. The Morgan fingerprint density at radius 1 is 1.38 bits per heavy atom. The predicted octanol–water partition coefficient (Wildman–Crippen LogP) is 3.16.